The molecule has 0 fully saturated rings. The second-order valence-electron chi connectivity index (χ2n) is 20.5. The molecule has 0 saturated carbocycles. The molecular weight excluding hydrogens is 765 g/mol. The SMILES string of the molecule is CC1(C)c2ccccc2N2c3ccccc3C(C)(C)c3cc(-c4cccc5c4oc4c(-c6cc7c8c(c6)C(C)(C)c6ccccc6N8c6ccccc6C7(C)C)cccc45)cc1c32. The number of furan rings is 1. The number of anilines is 6. The third kappa shape index (κ3) is 4.55. The number of para-hydroxylation sites is 6. The number of hydrogen-bond acceptors (Lipinski definition) is 3. The molecule has 13 rings (SSSR count). The van der Waals surface area contributed by atoms with Crippen LogP contribution in [0.2, 0.25) is 0 Å². The predicted octanol–water partition coefficient (Wildman–Crippen LogP) is 16.4. The molecular formula is C60H50N2O. The minimum atomic E-state index is -0.227. The molecule has 1 aromatic heterocycles. The van der Waals surface area contributed by atoms with Gasteiger partial charge >= 0.3 is 0 Å². The van der Waals surface area contributed by atoms with Crippen LogP contribution in [0.15, 0.2) is 162 Å². The highest BCUT2D eigenvalue weighted by molar-refractivity contribution is 6.13. The summed E-state index contributed by atoms with van der Waals surface area (Å²) < 4.78 is 7.34. The number of hydrogen-bond donors (Lipinski definition) is 0. The van der Waals surface area contributed by atoms with Crippen LogP contribution in [0.25, 0.3) is 44.2 Å². The fourth-order valence-corrected chi connectivity index (χ4v) is 12.4. The number of benzene rings is 8. The zero-order valence-corrected chi connectivity index (χ0v) is 37.3. The molecule has 0 bridgehead atoms. The van der Waals surface area contributed by atoms with Crippen LogP contribution in [0.3, 0.4) is 0 Å². The van der Waals surface area contributed by atoms with Crippen LogP contribution in [-0.4, -0.2) is 0 Å². The number of nitrogens with zero attached hydrogens (tertiary/aromatic N) is 2. The van der Waals surface area contributed by atoms with Gasteiger partial charge in [-0.15, -0.1) is 0 Å². The zero-order chi connectivity index (χ0) is 42.9. The molecule has 4 aliphatic heterocycles. The minimum absolute atomic E-state index is 0.227. The molecule has 0 atom stereocenters. The maximum absolute atomic E-state index is 7.34. The molecule has 0 amide bonds. The molecule has 0 spiro atoms. The van der Waals surface area contributed by atoms with Crippen molar-refractivity contribution in [2.45, 2.75) is 77.0 Å². The summed E-state index contributed by atoms with van der Waals surface area (Å²) in [6, 6.07) is 59.3. The first-order valence-electron chi connectivity index (χ1n) is 22.6. The van der Waals surface area contributed by atoms with Gasteiger partial charge in [-0.25, -0.2) is 0 Å². The monoisotopic (exact) mass is 814 g/mol. The fourth-order valence-electron chi connectivity index (χ4n) is 12.4. The summed E-state index contributed by atoms with van der Waals surface area (Å²) in [5, 5.41) is 2.28. The van der Waals surface area contributed by atoms with Crippen molar-refractivity contribution in [2.24, 2.45) is 0 Å². The van der Waals surface area contributed by atoms with Crippen LogP contribution in [0.1, 0.15) is 99.9 Å². The molecule has 9 aromatic rings. The molecule has 4 aliphatic rings. The average molecular weight is 815 g/mol. The fraction of sp³-hybridized carbons (Fsp3) is 0.200. The van der Waals surface area contributed by atoms with Crippen molar-refractivity contribution >= 4 is 56.1 Å². The Bertz CT molecular complexity index is 3090. The predicted molar refractivity (Wildman–Crippen MR) is 262 cm³/mol. The van der Waals surface area contributed by atoms with Gasteiger partial charge in [0.15, 0.2) is 0 Å². The molecule has 0 aliphatic carbocycles. The van der Waals surface area contributed by atoms with Crippen molar-refractivity contribution in [1.82, 2.24) is 0 Å². The van der Waals surface area contributed by atoms with Crippen molar-refractivity contribution in [1.29, 1.82) is 0 Å². The Morgan fingerprint density at radius 2 is 0.603 bits per heavy atom. The summed E-state index contributed by atoms with van der Waals surface area (Å²) in [6.07, 6.45) is 0. The Labute approximate surface area is 370 Å². The van der Waals surface area contributed by atoms with Crippen molar-refractivity contribution < 1.29 is 4.42 Å². The highest BCUT2D eigenvalue weighted by atomic mass is 16.3. The van der Waals surface area contributed by atoms with Crippen LogP contribution in [0.5, 0.6) is 0 Å². The van der Waals surface area contributed by atoms with Gasteiger partial charge in [0, 0.05) is 43.6 Å². The van der Waals surface area contributed by atoms with E-state index in [1.165, 1.54) is 89.8 Å². The highest BCUT2D eigenvalue weighted by Gasteiger charge is 2.47. The van der Waals surface area contributed by atoms with Crippen molar-refractivity contribution in [2.75, 3.05) is 9.80 Å². The van der Waals surface area contributed by atoms with Crippen LogP contribution in [-0.2, 0) is 21.7 Å². The Hall–Kier alpha value is -6.84. The van der Waals surface area contributed by atoms with E-state index in [1.807, 2.05) is 0 Å². The summed E-state index contributed by atoms with van der Waals surface area (Å²) in [5.41, 5.74) is 24.0. The molecule has 0 N–H and O–H groups in total. The number of rotatable bonds is 2. The summed E-state index contributed by atoms with van der Waals surface area (Å²) in [6.45, 7) is 19.2. The van der Waals surface area contributed by atoms with Crippen LogP contribution >= 0.6 is 0 Å². The van der Waals surface area contributed by atoms with Crippen molar-refractivity contribution in [3.63, 3.8) is 0 Å². The van der Waals surface area contributed by atoms with Gasteiger partial charge in [0.2, 0.25) is 0 Å². The number of fused-ring (bicyclic) bond motifs is 11. The maximum Gasteiger partial charge on any atom is 0.143 e. The summed E-state index contributed by atoms with van der Waals surface area (Å²) >= 11 is 0. The van der Waals surface area contributed by atoms with Gasteiger partial charge < -0.3 is 14.2 Å². The molecule has 63 heavy (non-hydrogen) atoms. The molecule has 0 unspecified atom stereocenters. The third-order valence-electron chi connectivity index (χ3n) is 15.8. The highest BCUT2D eigenvalue weighted by Crippen LogP contribution is 2.63. The molecule has 5 heterocycles. The second kappa shape index (κ2) is 12.0. The molecule has 0 saturated heterocycles. The molecule has 306 valence electrons. The van der Waals surface area contributed by atoms with Gasteiger partial charge in [-0.3, -0.25) is 0 Å². The zero-order valence-electron chi connectivity index (χ0n) is 37.3. The van der Waals surface area contributed by atoms with E-state index in [1.54, 1.807) is 0 Å². The second-order valence-corrected chi connectivity index (χ2v) is 20.5. The van der Waals surface area contributed by atoms with Gasteiger partial charge in [-0.05, 0) is 104 Å². The van der Waals surface area contributed by atoms with E-state index < -0.39 is 0 Å². The van der Waals surface area contributed by atoms with E-state index in [-0.39, 0.29) is 21.7 Å². The van der Waals surface area contributed by atoms with E-state index in [9.17, 15) is 0 Å². The Morgan fingerprint density at radius 3 is 0.905 bits per heavy atom. The van der Waals surface area contributed by atoms with Gasteiger partial charge in [-0.1, -0.05) is 165 Å². The lowest BCUT2D eigenvalue weighted by atomic mass is 9.65. The minimum Gasteiger partial charge on any atom is -0.455 e. The van der Waals surface area contributed by atoms with Gasteiger partial charge in [0.05, 0.1) is 34.1 Å². The average Bonchev–Trinajstić information content (AvgIpc) is 3.68. The topological polar surface area (TPSA) is 19.6 Å². The van der Waals surface area contributed by atoms with Gasteiger partial charge in [0.1, 0.15) is 11.2 Å². The molecule has 3 heteroatoms. The van der Waals surface area contributed by atoms with Gasteiger partial charge in [-0.2, -0.15) is 0 Å². The lowest BCUT2D eigenvalue weighted by Gasteiger charge is -2.49. The van der Waals surface area contributed by atoms with E-state index in [4.69, 9.17) is 4.42 Å². The van der Waals surface area contributed by atoms with E-state index in [0.29, 0.717) is 0 Å². The van der Waals surface area contributed by atoms with Crippen molar-refractivity contribution in [3.8, 4) is 22.3 Å². The maximum atomic E-state index is 7.34. The van der Waals surface area contributed by atoms with Crippen LogP contribution in [0, 0.1) is 0 Å². The third-order valence-corrected chi connectivity index (χ3v) is 15.8. The Balaban J connectivity index is 1.04. The molecule has 8 aromatic carbocycles. The van der Waals surface area contributed by atoms with Crippen molar-refractivity contribution in [3.05, 3.63) is 202 Å². The smallest absolute Gasteiger partial charge is 0.143 e. The largest absolute Gasteiger partial charge is 0.455 e. The van der Waals surface area contributed by atoms with Gasteiger partial charge in [0.25, 0.3) is 0 Å². The first-order chi connectivity index (χ1) is 30.3. The quantitative estimate of drug-likeness (QED) is 0.173. The molecule has 0 radical (unpaired) electrons. The standard InChI is InChI=1S/C60H50N2O/c1-57(2)41-23-9-13-27-49(41)61-50-28-14-10-24-42(50)58(3,4)46-32-35(31-45(57)53(46)61)37-19-17-21-39-40-22-18-20-38(56(40)63-55(37)39)36-33-47-54-48(34-36)60(7,8)44-26-12-16-30-52(44)62(54)51-29-15-11-25-43(51)59(47,5)6/h9-34H,1-8H3. The summed E-state index contributed by atoms with van der Waals surface area (Å²) in [7, 11) is 0. The normalized spacial score (nSPS) is 17.3. The summed E-state index contributed by atoms with van der Waals surface area (Å²) in [4.78, 5) is 5.07. The first kappa shape index (κ1) is 36.8. The Morgan fingerprint density at radius 1 is 0.317 bits per heavy atom. The van der Waals surface area contributed by atoms with Crippen LogP contribution in [0.4, 0.5) is 34.1 Å². The van der Waals surface area contributed by atoms with E-state index in [0.717, 1.165) is 33.1 Å². The molecule has 3 nitrogen and oxygen atoms in total. The summed E-state index contributed by atoms with van der Waals surface area (Å²) in [5.74, 6) is 0. The van der Waals surface area contributed by atoms with E-state index >= 15 is 0 Å². The first-order valence-corrected chi connectivity index (χ1v) is 22.6. The lowest BCUT2D eigenvalue weighted by Crippen LogP contribution is -2.38. The Kier molecular flexibility index (Phi) is 7.00. The lowest BCUT2D eigenvalue weighted by molar-refractivity contribution is 0.597. The van der Waals surface area contributed by atoms with Crippen LogP contribution < -0.4 is 9.80 Å². The van der Waals surface area contributed by atoms with E-state index in [2.05, 4.69) is 223 Å².